The lowest BCUT2D eigenvalue weighted by atomic mass is 9.90. The number of hydrazine groups is 1. The number of halogens is 3. The number of nitrogens with zero attached hydrogens (tertiary/aromatic N) is 1. The molecule has 1 unspecified atom stereocenters. The third-order valence-corrected chi connectivity index (χ3v) is 4.55. The minimum Gasteiger partial charge on any atom is -0.467 e. The van der Waals surface area contributed by atoms with E-state index in [1.54, 1.807) is 48.5 Å². The maximum absolute atomic E-state index is 14.4. The zero-order valence-corrected chi connectivity index (χ0v) is 16.1. The smallest absolute Gasteiger partial charge is 0.423 e. The largest absolute Gasteiger partial charge is 0.467 e. The van der Waals surface area contributed by atoms with Crippen LogP contribution in [0.15, 0.2) is 65.5 Å². The first-order chi connectivity index (χ1) is 14.2. The predicted molar refractivity (Wildman–Crippen MR) is 104 cm³/mol. The monoisotopic (exact) mass is 420 g/mol. The summed E-state index contributed by atoms with van der Waals surface area (Å²) in [7, 11) is 0.824. The molecular formula is C20H19F3N4O3. The van der Waals surface area contributed by atoms with Crippen LogP contribution in [0.1, 0.15) is 11.3 Å². The second-order valence-electron chi connectivity index (χ2n) is 6.44. The summed E-state index contributed by atoms with van der Waals surface area (Å²) < 4.78 is 48.7. The maximum Gasteiger partial charge on any atom is 0.423 e. The Hall–Kier alpha value is -3.53. The van der Waals surface area contributed by atoms with Crippen LogP contribution in [0.2, 0.25) is 0 Å². The second-order valence-corrected chi connectivity index (χ2v) is 6.44. The third kappa shape index (κ3) is 3.57. The molecule has 7 nitrogen and oxygen atoms in total. The highest BCUT2D eigenvalue weighted by Gasteiger charge is 2.65. The van der Waals surface area contributed by atoms with Crippen molar-refractivity contribution in [3.05, 3.63) is 82.3 Å². The van der Waals surface area contributed by atoms with Gasteiger partial charge in [-0.3, -0.25) is 9.89 Å². The summed E-state index contributed by atoms with van der Waals surface area (Å²) in [5, 5.41) is 2.61. The number of hydrogen-bond donors (Lipinski definition) is 3. The molecule has 3 N–H and O–H groups in total. The Kier molecular flexibility index (Phi) is 5.70. The lowest BCUT2D eigenvalue weighted by Gasteiger charge is -2.33. The fraction of sp³-hybridized carbons (Fsp3) is 0.200. The maximum atomic E-state index is 14.4. The number of rotatable bonds is 6. The average molecular weight is 420 g/mol. The van der Waals surface area contributed by atoms with Crippen molar-refractivity contribution in [2.45, 2.75) is 18.6 Å². The molecular weight excluding hydrogens is 401 g/mol. The number of H-pyrrole nitrogens is 1. The molecule has 2 aromatic carbocycles. The summed E-state index contributed by atoms with van der Waals surface area (Å²) in [6, 6.07) is 15.9. The Morgan fingerprint density at radius 2 is 1.60 bits per heavy atom. The van der Waals surface area contributed by atoms with Gasteiger partial charge in [-0.1, -0.05) is 36.4 Å². The molecule has 0 aliphatic heterocycles. The number of nitrogens with one attached hydrogen (secondary N) is 3. The number of aromatic amines is 1. The van der Waals surface area contributed by atoms with Gasteiger partial charge in [-0.25, -0.2) is 14.9 Å². The van der Waals surface area contributed by atoms with Crippen molar-refractivity contribution in [1.82, 2.24) is 15.2 Å². The quantitative estimate of drug-likeness (QED) is 0.422. The molecule has 0 spiro atoms. The molecule has 30 heavy (non-hydrogen) atoms. The Balaban J connectivity index is 2.21. The van der Waals surface area contributed by atoms with Crippen molar-refractivity contribution in [3.8, 4) is 5.69 Å². The molecule has 3 rings (SSSR count). The fourth-order valence-corrected chi connectivity index (χ4v) is 3.13. The van der Waals surface area contributed by atoms with E-state index in [9.17, 15) is 22.8 Å². The molecule has 0 saturated carbocycles. The Morgan fingerprint density at radius 3 is 2.13 bits per heavy atom. The summed E-state index contributed by atoms with van der Waals surface area (Å²) in [5.41, 5.74) is -0.504. The van der Waals surface area contributed by atoms with Crippen LogP contribution in [0.3, 0.4) is 0 Å². The highest BCUT2D eigenvalue weighted by Crippen LogP contribution is 2.40. The zero-order chi connectivity index (χ0) is 21.9. The normalized spacial score (nSPS) is 13.5. The highest BCUT2D eigenvalue weighted by molar-refractivity contribution is 5.84. The van der Waals surface area contributed by atoms with Gasteiger partial charge in [-0.05, 0) is 31.2 Å². The predicted octanol–water partition coefficient (Wildman–Crippen LogP) is 3.02. The highest BCUT2D eigenvalue weighted by atomic mass is 19.4. The van der Waals surface area contributed by atoms with Crippen LogP contribution in [0, 0.1) is 6.92 Å². The summed E-state index contributed by atoms with van der Waals surface area (Å²) in [5.74, 6) is -1.68. The van der Waals surface area contributed by atoms with Crippen molar-refractivity contribution < 1.29 is 22.7 Å². The first kappa shape index (κ1) is 21.2. The van der Waals surface area contributed by atoms with Gasteiger partial charge in [0.25, 0.3) is 11.1 Å². The van der Waals surface area contributed by atoms with Crippen molar-refractivity contribution in [1.29, 1.82) is 0 Å². The standard InChI is InChI=1S/C20H19F3N4O3/c1-13-16(17(28)27(25-13)15-11-7-4-8-12-15)19(18(29)30-2,20(21,22)23)26-24-14-9-5-3-6-10-14/h3-12,24-26H,1-2H3. The Labute approximate surface area is 169 Å². The molecule has 10 heteroatoms. The lowest BCUT2D eigenvalue weighted by molar-refractivity contribution is -0.214. The van der Waals surface area contributed by atoms with Gasteiger partial charge in [0.1, 0.15) is 0 Å². The van der Waals surface area contributed by atoms with Gasteiger partial charge in [-0.2, -0.15) is 13.2 Å². The number of aryl methyl sites for hydroxylation is 1. The first-order valence-corrected chi connectivity index (χ1v) is 8.83. The molecule has 0 radical (unpaired) electrons. The van der Waals surface area contributed by atoms with Crippen molar-refractivity contribution in [3.63, 3.8) is 0 Å². The van der Waals surface area contributed by atoms with Crippen LogP contribution in [0.5, 0.6) is 0 Å². The number of carbonyl (C=O) groups excluding carboxylic acids is 1. The molecule has 0 saturated heterocycles. The van der Waals surface area contributed by atoms with E-state index in [0.717, 1.165) is 11.8 Å². The van der Waals surface area contributed by atoms with E-state index < -0.39 is 28.8 Å². The molecule has 1 aromatic heterocycles. The van der Waals surface area contributed by atoms with Crippen LogP contribution < -0.4 is 16.4 Å². The number of esters is 1. The molecule has 0 aliphatic rings. The van der Waals surface area contributed by atoms with Crippen LogP contribution in [0.4, 0.5) is 18.9 Å². The molecule has 0 fully saturated rings. The van der Waals surface area contributed by atoms with Crippen LogP contribution >= 0.6 is 0 Å². The van der Waals surface area contributed by atoms with E-state index in [1.807, 2.05) is 5.43 Å². The van der Waals surface area contributed by atoms with Gasteiger partial charge in [0.2, 0.25) is 0 Å². The van der Waals surface area contributed by atoms with E-state index in [0.29, 0.717) is 5.69 Å². The van der Waals surface area contributed by atoms with E-state index in [4.69, 9.17) is 0 Å². The minimum absolute atomic E-state index is 0.145. The number of methoxy groups -OCH3 is 1. The van der Waals surface area contributed by atoms with E-state index in [2.05, 4.69) is 15.3 Å². The van der Waals surface area contributed by atoms with Crippen molar-refractivity contribution >= 4 is 11.7 Å². The van der Waals surface area contributed by atoms with E-state index in [1.165, 1.54) is 19.1 Å². The minimum atomic E-state index is -5.22. The molecule has 158 valence electrons. The summed E-state index contributed by atoms with van der Waals surface area (Å²) in [6.07, 6.45) is -5.22. The van der Waals surface area contributed by atoms with Gasteiger partial charge in [0.15, 0.2) is 0 Å². The number of hydrogen-bond acceptors (Lipinski definition) is 5. The molecule has 0 bridgehead atoms. The van der Waals surface area contributed by atoms with Gasteiger partial charge in [0, 0.05) is 11.4 Å². The number of ether oxygens (including phenoxy) is 1. The number of anilines is 1. The molecule has 1 heterocycles. The number of aromatic nitrogens is 2. The van der Waals surface area contributed by atoms with E-state index in [-0.39, 0.29) is 11.4 Å². The molecule has 0 amide bonds. The summed E-state index contributed by atoms with van der Waals surface area (Å²) in [6.45, 7) is 1.28. The zero-order valence-electron chi connectivity index (χ0n) is 16.1. The number of carbonyl (C=O) groups is 1. The molecule has 1 atom stereocenters. The Bertz CT molecular complexity index is 1080. The van der Waals surface area contributed by atoms with Crippen molar-refractivity contribution in [2.75, 3.05) is 12.5 Å². The number of para-hydroxylation sites is 2. The Morgan fingerprint density at radius 1 is 1.03 bits per heavy atom. The SMILES string of the molecule is COC(=O)C(NNc1ccccc1)(c1c(C)[nH]n(-c2ccccc2)c1=O)C(F)(F)F. The fourth-order valence-electron chi connectivity index (χ4n) is 3.13. The van der Waals surface area contributed by atoms with Gasteiger partial charge < -0.3 is 10.2 Å². The summed E-state index contributed by atoms with van der Waals surface area (Å²) >= 11 is 0. The topological polar surface area (TPSA) is 88.2 Å². The van der Waals surface area contributed by atoms with Gasteiger partial charge in [-0.15, -0.1) is 0 Å². The number of benzene rings is 2. The van der Waals surface area contributed by atoms with Crippen LogP contribution in [-0.4, -0.2) is 29.0 Å². The van der Waals surface area contributed by atoms with Crippen LogP contribution in [0.25, 0.3) is 5.69 Å². The second kappa shape index (κ2) is 8.07. The van der Waals surface area contributed by atoms with Crippen LogP contribution in [-0.2, 0) is 15.1 Å². The molecule has 3 aromatic rings. The van der Waals surface area contributed by atoms with Gasteiger partial charge >= 0.3 is 12.1 Å². The number of alkyl halides is 3. The average Bonchev–Trinajstić information content (AvgIpc) is 3.03. The lowest BCUT2D eigenvalue weighted by Crippen LogP contribution is -2.63. The van der Waals surface area contributed by atoms with E-state index >= 15 is 0 Å². The molecule has 0 aliphatic carbocycles. The summed E-state index contributed by atoms with van der Waals surface area (Å²) in [4.78, 5) is 25.6. The van der Waals surface area contributed by atoms with Gasteiger partial charge in [0.05, 0.1) is 18.4 Å². The third-order valence-electron chi connectivity index (χ3n) is 4.55. The van der Waals surface area contributed by atoms with Crippen molar-refractivity contribution in [2.24, 2.45) is 0 Å². The first-order valence-electron chi connectivity index (χ1n) is 8.83.